The Hall–Kier alpha value is -5.06. The van der Waals surface area contributed by atoms with Gasteiger partial charge in [0.25, 0.3) is 5.70 Å². The first-order chi connectivity index (χ1) is 20.2. The number of benzene rings is 4. The topological polar surface area (TPSA) is 40.6 Å². The van der Waals surface area contributed by atoms with E-state index in [0.29, 0.717) is 6.42 Å². The van der Waals surface area contributed by atoms with Crippen LogP contribution in [0.1, 0.15) is 44.1 Å². The van der Waals surface area contributed by atoms with E-state index in [4.69, 9.17) is 11.3 Å². The molecule has 2 aliphatic rings. The maximum atomic E-state index is 9.54. The molecule has 0 amide bonds. The van der Waals surface area contributed by atoms with Gasteiger partial charge in [-0.3, -0.25) is 0 Å². The van der Waals surface area contributed by atoms with E-state index in [9.17, 15) is 5.26 Å². The van der Waals surface area contributed by atoms with Crippen molar-refractivity contribution in [2.45, 2.75) is 44.1 Å². The van der Waals surface area contributed by atoms with Crippen molar-refractivity contribution in [3.63, 3.8) is 0 Å². The molecule has 0 aromatic heterocycles. The average Bonchev–Trinajstić information content (AvgIpc) is 3.02. The highest BCUT2D eigenvalue weighted by Crippen LogP contribution is 2.43. The molecule has 1 saturated carbocycles. The van der Waals surface area contributed by atoms with Gasteiger partial charge in [0.15, 0.2) is 0 Å². The Labute approximate surface area is 241 Å². The number of hydrogen-bond donors (Lipinski definition) is 0. The molecule has 0 bridgehead atoms. The van der Waals surface area contributed by atoms with Crippen LogP contribution in [0.15, 0.2) is 126 Å². The predicted octanol–water partition coefficient (Wildman–Crippen LogP) is 10.0. The molecule has 4 aromatic rings. The largest absolute Gasteiger partial charge is 0.487 e. The molecule has 1 aliphatic heterocycles. The first kappa shape index (κ1) is 26.2. The van der Waals surface area contributed by atoms with Gasteiger partial charge in [-0.15, -0.1) is 0 Å². The second-order valence-electron chi connectivity index (χ2n) is 10.8. The lowest BCUT2D eigenvalue weighted by molar-refractivity contribution is -0.0285. The molecule has 4 aromatic carbocycles. The lowest BCUT2D eigenvalue weighted by Gasteiger charge is -2.41. The Bertz CT molecular complexity index is 1710. The number of hydrogen-bond acceptors (Lipinski definition) is 3. The van der Waals surface area contributed by atoms with Crippen molar-refractivity contribution in [3.8, 4) is 6.07 Å². The van der Waals surface area contributed by atoms with Crippen LogP contribution in [-0.2, 0) is 4.74 Å². The van der Waals surface area contributed by atoms with Crippen LogP contribution < -0.4 is 4.90 Å². The van der Waals surface area contributed by atoms with Crippen molar-refractivity contribution in [1.29, 1.82) is 5.26 Å². The minimum atomic E-state index is -0.312. The molecule has 1 fully saturated rings. The van der Waals surface area contributed by atoms with Gasteiger partial charge in [0.1, 0.15) is 11.4 Å². The van der Waals surface area contributed by atoms with Gasteiger partial charge in [-0.05, 0) is 84.7 Å². The molecular weight excluding hydrogens is 502 g/mol. The van der Waals surface area contributed by atoms with Crippen LogP contribution in [0.25, 0.3) is 21.7 Å². The van der Waals surface area contributed by atoms with Gasteiger partial charge in [0.2, 0.25) is 0 Å². The summed E-state index contributed by atoms with van der Waals surface area (Å²) in [5.41, 5.74) is 4.99. The number of allylic oxidation sites excluding steroid dienone is 3. The fourth-order valence-electron chi connectivity index (χ4n) is 6.08. The van der Waals surface area contributed by atoms with E-state index in [-0.39, 0.29) is 11.3 Å². The minimum Gasteiger partial charge on any atom is -0.487 e. The summed E-state index contributed by atoms with van der Waals surface area (Å²) in [4.78, 5) is 5.79. The Morgan fingerprint density at radius 2 is 1.54 bits per heavy atom. The van der Waals surface area contributed by atoms with Gasteiger partial charge in [-0.2, -0.15) is 0 Å². The van der Waals surface area contributed by atoms with Crippen LogP contribution >= 0.6 is 0 Å². The zero-order valence-corrected chi connectivity index (χ0v) is 23.0. The van der Waals surface area contributed by atoms with E-state index in [0.717, 1.165) is 59.6 Å². The van der Waals surface area contributed by atoms with Gasteiger partial charge in [-0.25, -0.2) is 10.1 Å². The molecule has 1 heterocycles. The number of nitriles is 1. The second-order valence-corrected chi connectivity index (χ2v) is 10.8. The first-order valence-corrected chi connectivity index (χ1v) is 14.2. The molecule has 1 aliphatic carbocycles. The number of fused-ring (bicyclic) bond motifs is 1. The fourth-order valence-corrected chi connectivity index (χ4v) is 6.08. The van der Waals surface area contributed by atoms with E-state index in [1.165, 1.54) is 17.2 Å². The van der Waals surface area contributed by atoms with Crippen molar-refractivity contribution < 1.29 is 4.74 Å². The second kappa shape index (κ2) is 11.6. The van der Waals surface area contributed by atoms with Gasteiger partial charge < -0.3 is 9.64 Å². The number of rotatable bonds is 5. The summed E-state index contributed by atoms with van der Waals surface area (Å²) in [5, 5.41) is 11.9. The highest BCUT2D eigenvalue weighted by molar-refractivity contribution is 5.98. The van der Waals surface area contributed by atoms with Gasteiger partial charge >= 0.3 is 0 Å². The van der Waals surface area contributed by atoms with E-state index >= 15 is 0 Å². The zero-order chi connectivity index (χ0) is 28.1. The zero-order valence-electron chi connectivity index (χ0n) is 23.0. The molecule has 1 spiro atoms. The normalized spacial score (nSPS) is 17.4. The summed E-state index contributed by atoms with van der Waals surface area (Å²) < 4.78 is 6.54. The molecular formula is C37H31N3O. The van der Waals surface area contributed by atoms with E-state index < -0.39 is 0 Å². The third-order valence-corrected chi connectivity index (χ3v) is 8.06. The van der Waals surface area contributed by atoms with E-state index in [2.05, 4.69) is 107 Å². The molecule has 200 valence electrons. The standard InChI is InChI=1S/C37H31N3O/c1-39-35(27-38)30-25-33(41-37(26-30)23-8-3-9-24-37)22-19-28-17-20-32(21-18-28)40(31-13-4-2-5-14-31)36-16-10-12-29-11-6-7-15-34(29)36/h2,4-7,10-22,25H,3,8-9,23-24,26H2/b22-19+,35-30+. The molecule has 6 rings (SSSR count). The predicted molar refractivity (Wildman–Crippen MR) is 167 cm³/mol. The number of ether oxygens (including phenoxy) is 1. The minimum absolute atomic E-state index is 0.169. The maximum Gasteiger partial charge on any atom is 0.265 e. The summed E-state index contributed by atoms with van der Waals surface area (Å²) in [7, 11) is 0. The SMILES string of the molecule is [C-]#[N+]/C(C#N)=C1C=C(/C=C/c2ccc(N(c3ccccc3)c3cccc4ccccc34)cc2)OC2(CCCCC2)C\1. The highest BCUT2D eigenvalue weighted by atomic mass is 16.5. The highest BCUT2D eigenvalue weighted by Gasteiger charge is 2.38. The van der Waals surface area contributed by atoms with Crippen molar-refractivity contribution in [1.82, 2.24) is 0 Å². The first-order valence-electron chi connectivity index (χ1n) is 14.2. The van der Waals surface area contributed by atoms with E-state index in [1.54, 1.807) is 0 Å². The average molecular weight is 534 g/mol. The summed E-state index contributed by atoms with van der Waals surface area (Å²) >= 11 is 0. The fraction of sp³-hybridized carbons (Fsp3) is 0.189. The molecule has 4 nitrogen and oxygen atoms in total. The van der Waals surface area contributed by atoms with Crippen LogP contribution in [0.2, 0.25) is 0 Å². The van der Waals surface area contributed by atoms with Crippen molar-refractivity contribution in [2.75, 3.05) is 4.90 Å². The van der Waals surface area contributed by atoms with Gasteiger partial charge in [-0.1, -0.05) is 79.2 Å². The Balaban J connectivity index is 1.32. The number of para-hydroxylation sites is 1. The van der Waals surface area contributed by atoms with Crippen molar-refractivity contribution in [2.24, 2.45) is 0 Å². The van der Waals surface area contributed by atoms with Crippen LogP contribution in [0, 0.1) is 17.9 Å². The third-order valence-electron chi connectivity index (χ3n) is 8.06. The van der Waals surface area contributed by atoms with Crippen LogP contribution in [0.4, 0.5) is 17.1 Å². The summed E-state index contributed by atoms with van der Waals surface area (Å²) in [6, 6.07) is 35.9. The monoisotopic (exact) mass is 533 g/mol. The Morgan fingerprint density at radius 3 is 2.29 bits per heavy atom. The van der Waals surface area contributed by atoms with Gasteiger partial charge in [0, 0.05) is 23.2 Å². The van der Waals surface area contributed by atoms with Crippen molar-refractivity contribution >= 4 is 33.9 Å². The van der Waals surface area contributed by atoms with Crippen molar-refractivity contribution in [3.05, 3.63) is 143 Å². The maximum absolute atomic E-state index is 9.54. The quantitative estimate of drug-likeness (QED) is 0.189. The lowest BCUT2D eigenvalue weighted by atomic mass is 9.78. The molecule has 0 radical (unpaired) electrons. The summed E-state index contributed by atoms with van der Waals surface area (Å²) in [5.74, 6) is 0.718. The molecule has 0 unspecified atom stereocenters. The van der Waals surface area contributed by atoms with Crippen LogP contribution in [0.5, 0.6) is 0 Å². The molecule has 41 heavy (non-hydrogen) atoms. The van der Waals surface area contributed by atoms with Gasteiger partial charge in [0.05, 0.1) is 18.3 Å². The molecule has 0 saturated heterocycles. The Kier molecular flexibility index (Phi) is 7.40. The van der Waals surface area contributed by atoms with Crippen LogP contribution in [0.3, 0.4) is 0 Å². The number of anilines is 3. The number of nitrogens with zero attached hydrogens (tertiary/aromatic N) is 3. The molecule has 4 heteroatoms. The summed E-state index contributed by atoms with van der Waals surface area (Å²) in [6.07, 6.45) is 11.9. The summed E-state index contributed by atoms with van der Waals surface area (Å²) in [6.45, 7) is 7.48. The molecule has 0 atom stereocenters. The third kappa shape index (κ3) is 5.51. The van der Waals surface area contributed by atoms with E-state index in [1.807, 2.05) is 24.3 Å². The smallest absolute Gasteiger partial charge is 0.265 e. The van der Waals surface area contributed by atoms with Crippen LogP contribution in [-0.4, -0.2) is 5.60 Å². The molecule has 0 N–H and O–H groups in total. The lowest BCUT2D eigenvalue weighted by Crippen LogP contribution is -2.37. The Morgan fingerprint density at radius 1 is 0.829 bits per heavy atom.